The van der Waals surface area contributed by atoms with E-state index < -0.39 is 16.4 Å². The maximum Gasteiger partial charge on any atom is 0.304 e. The molecule has 2 aromatic rings. The standard InChI is InChI=1S/C14H11FN2O3/c15-12-9-11(6-7-13(12)17(19)20)16-14(18)8-10-4-2-1-3-5-10/h1-7,9H,8H2,(H,16,18). The average Bonchev–Trinajstić information content (AvgIpc) is 2.39. The van der Waals surface area contributed by atoms with Crippen molar-refractivity contribution in [3.63, 3.8) is 0 Å². The molecule has 5 nitrogen and oxygen atoms in total. The summed E-state index contributed by atoms with van der Waals surface area (Å²) in [5.74, 6) is -1.29. The van der Waals surface area contributed by atoms with Crippen LogP contribution in [0.15, 0.2) is 48.5 Å². The molecule has 2 rings (SSSR count). The number of carbonyl (C=O) groups is 1. The predicted molar refractivity (Wildman–Crippen MR) is 71.8 cm³/mol. The van der Waals surface area contributed by atoms with Crippen molar-refractivity contribution in [1.29, 1.82) is 0 Å². The van der Waals surface area contributed by atoms with E-state index in [2.05, 4.69) is 5.32 Å². The minimum absolute atomic E-state index is 0.152. The highest BCUT2D eigenvalue weighted by Crippen LogP contribution is 2.20. The van der Waals surface area contributed by atoms with E-state index in [0.717, 1.165) is 17.7 Å². The number of nitro benzene ring substituents is 1. The molecular formula is C14H11FN2O3. The summed E-state index contributed by atoms with van der Waals surface area (Å²) in [5, 5.41) is 13.0. The van der Waals surface area contributed by atoms with Gasteiger partial charge in [-0.1, -0.05) is 30.3 Å². The molecule has 6 heteroatoms. The molecule has 0 aliphatic carbocycles. The fourth-order valence-corrected chi connectivity index (χ4v) is 1.72. The van der Waals surface area contributed by atoms with Crippen LogP contribution in [0.2, 0.25) is 0 Å². The first-order chi connectivity index (χ1) is 9.56. The first-order valence-electron chi connectivity index (χ1n) is 5.84. The quantitative estimate of drug-likeness (QED) is 0.688. The molecule has 0 aromatic heterocycles. The van der Waals surface area contributed by atoms with Gasteiger partial charge >= 0.3 is 5.69 Å². The Morgan fingerprint density at radius 3 is 2.50 bits per heavy atom. The van der Waals surface area contributed by atoms with Gasteiger partial charge in [-0.25, -0.2) is 0 Å². The largest absolute Gasteiger partial charge is 0.326 e. The van der Waals surface area contributed by atoms with Gasteiger partial charge in [0.15, 0.2) is 0 Å². The van der Waals surface area contributed by atoms with Crippen molar-refractivity contribution in [1.82, 2.24) is 0 Å². The Hall–Kier alpha value is -2.76. The lowest BCUT2D eigenvalue weighted by Gasteiger charge is -2.05. The van der Waals surface area contributed by atoms with Crippen molar-refractivity contribution < 1.29 is 14.1 Å². The van der Waals surface area contributed by atoms with Gasteiger partial charge in [-0.3, -0.25) is 14.9 Å². The van der Waals surface area contributed by atoms with Gasteiger partial charge in [-0.15, -0.1) is 0 Å². The summed E-state index contributed by atoms with van der Waals surface area (Å²) in [7, 11) is 0. The number of nitro groups is 1. The zero-order valence-electron chi connectivity index (χ0n) is 10.4. The van der Waals surface area contributed by atoms with Crippen LogP contribution in [-0.4, -0.2) is 10.8 Å². The van der Waals surface area contributed by atoms with E-state index in [4.69, 9.17) is 0 Å². The van der Waals surface area contributed by atoms with Crippen LogP contribution in [0, 0.1) is 15.9 Å². The maximum absolute atomic E-state index is 13.4. The number of halogens is 1. The summed E-state index contributed by atoms with van der Waals surface area (Å²) in [6, 6.07) is 12.3. The predicted octanol–water partition coefficient (Wildman–Crippen LogP) is 2.92. The summed E-state index contributed by atoms with van der Waals surface area (Å²) in [5.41, 5.74) is 0.396. The molecule has 0 saturated carbocycles. The second-order valence-electron chi connectivity index (χ2n) is 4.13. The van der Waals surface area contributed by atoms with E-state index in [1.807, 2.05) is 18.2 Å². The Kier molecular flexibility index (Phi) is 4.05. The third kappa shape index (κ3) is 3.38. The van der Waals surface area contributed by atoms with Crippen LogP contribution in [0.5, 0.6) is 0 Å². The molecule has 0 aliphatic heterocycles. The normalized spacial score (nSPS) is 10.1. The van der Waals surface area contributed by atoms with Crippen LogP contribution >= 0.6 is 0 Å². The molecule has 1 amide bonds. The van der Waals surface area contributed by atoms with Crippen molar-refractivity contribution in [3.8, 4) is 0 Å². The molecule has 0 spiro atoms. The van der Waals surface area contributed by atoms with E-state index in [-0.39, 0.29) is 18.0 Å². The van der Waals surface area contributed by atoms with Gasteiger partial charge in [0, 0.05) is 17.8 Å². The number of hydrogen-bond donors (Lipinski definition) is 1. The van der Waals surface area contributed by atoms with Gasteiger partial charge in [0.2, 0.25) is 11.7 Å². The van der Waals surface area contributed by atoms with Crippen LogP contribution in [0.1, 0.15) is 5.56 Å². The van der Waals surface area contributed by atoms with E-state index in [1.165, 1.54) is 6.07 Å². The van der Waals surface area contributed by atoms with Gasteiger partial charge in [-0.05, 0) is 11.6 Å². The lowest BCUT2D eigenvalue weighted by Crippen LogP contribution is -2.14. The van der Waals surface area contributed by atoms with Gasteiger partial charge in [0.1, 0.15) is 0 Å². The van der Waals surface area contributed by atoms with Gasteiger partial charge in [0.05, 0.1) is 11.3 Å². The van der Waals surface area contributed by atoms with E-state index in [9.17, 15) is 19.3 Å². The van der Waals surface area contributed by atoms with E-state index in [1.54, 1.807) is 12.1 Å². The second-order valence-corrected chi connectivity index (χ2v) is 4.13. The number of benzene rings is 2. The summed E-state index contributed by atoms with van der Waals surface area (Å²) in [6.45, 7) is 0. The summed E-state index contributed by atoms with van der Waals surface area (Å²) < 4.78 is 13.4. The molecule has 0 bridgehead atoms. The highest BCUT2D eigenvalue weighted by atomic mass is 19.1. The van der Waals surface area contributed by atoms with Gasteiger partial charge < -0.3 is 5.32 Å². The van der Waals surface area contributed by atoms with Gasteiger partial charge in [0.25, 0.3) is 0 Å². The minimum atomic E-state index is -0.979. The second kappa shape index (κ2) is 5.92. The van der Waals surface area contributed by atoms with Crippen molar-refractivity contribution >= 4 is 17.3 Å². The maximum atomic E-state index is 13.4. The number of nitrogens with one attached hydrogen (secondary N) is 1. The Labute approximate surface area is 114 Å². The first-order valence-corrected chi connectivity index (χ1v) is 5.84. The Balaban J connectivity index is 2.05. The van der Waals surface area contributed by atoms with Crippen LogP contribution in [-0.2, 0) is 11.2 Å². The monoisotopic (exact) mass is 274 g/mol. The zero-order valence-corrected chi connectivity index (χ0v) is 10.4. The minimum Gasteiger partial charge on any atom is -0.326 e. The third-order valence-electron chi connectivity index (χ3n) is 2.64. The molecule has 0 atom stereocenters. The molecule has 1 N–H and O–H groups in total. The first kappa shape index (κ1) is 13.7. The summed E-state index contributed by atoms with van der Waals surface area (Å²) >= 11 is 0. The van der Waals surface area contributed by atoms with E-state index in [0.29, 0.717) is 0 Å². The number of amides is 1. The molecule has 0 saturated heterocycles. The Morgan fingerprint density at radius 1 is 1.20 bits per heavy atom. The molecular weight excluding hydrogens is 263 g/mol. The van der Waals surface area contributed by atoms with E-state index >= 15 is 0 Å². The smallest absolute Gasteiger partial charge is 0.304 e. The fraction of sp³-hybridized carbons (Fsp3) is 0.0714. The lowest BCUT2D eigenvalue weighted by atomic mass is 10.1. The molecule has 0 aliphatic rings. The topological polar surface area (TPSA) is 72.2 Å². The van der Waals surface area contributed by atoms with Crippen LogP contribution in [0.25, 0.3) is 0 Å². The fourth-order valence-electron chi connectivity index (χ4n) is 1.72. The summed E-state index contributed by atoms with van der Waals surface area (Å²) in [4.78, 5) is 21.4. The lowest BCUT2D eigenvalue weighted by molar-refractivity contribution is -0.387. The number of carbonyl (C=O) groups excluding carboxylic acids is 1. The molecule has 0 heterocycles. The number of hydrogen-bond acceptors (Lipinski definition) is 3. The third-order valence-corrected chi connectivity index (χ3v) is 2.64. The number of rotatable bonds is 4. The van der Waals surface area contributed by atoms with Crippen molar-refractivity contribution in [2.24, 2.45) is 0 Å². The van der Waals surface area contributed by atoms with Crippen molar-refractivity contribution in [3.05, 3.63) is 70.0 Å². The van der Waals surface area contributed by atoms with Crippen molar-refractivity contribution in [2.45, 2.75) is 6.42 Å². The van der Waals surface area contributed by atoms with Gasteiger partial charge in [-0.2, -0.15) is 4.39 Å². The zero-order chi connectivity index (χ0) is 14.5. The average molecular weight is 274 g/mol. The molecule has 0 unspecified atom stereocenters. The highest BCUT2D eigenvalue weighted by Gasteiger charge is 2.14. The molecule has 102 valence electrons. The van der Waals surface area contributed by atoms with Crippen LogP contribution in [0.3, 0.4) is 0 Å². The van der Waals surface area contributed by atoms with Crippen molar-refractivity contribution in [2.75, 3.05) is 5.32 Å². The molecule has 2 aromatic carbocycles. The number of anilines is 1. The SMILES string of the molecule is O=C(Cc1ccccc1)Nc1ccc([N+](=O)[O-])c(F)c1. The Bertz CT molecular complexity index is 644. The highest BCUT2D eigenvalue weighted by molar-refractivity contribution is 5.92. The Morgan fingerprint density at radius 2 is 1.90 bits per heavy atom. The van der Waals surface area contributed by atoms with Crippen LogP contribution in [0.4, 0.5) is 15.8 Å². The molecule has 20 heavy (non-hydrogen) atoms. The molecule has 0 radical (unpaired) electrons. The van der Waals surface area contributed by atoms with Crippen LogP contribution < -0.4 is 5.32 Å². The number of nitrogens with zero attached hydrogens (tertiary/aromatic N) is 1. The summed E-state index contributed by atoms with van der Waals surface area (Å²) in [6.07, 6.45) is 0.152. The molecule has 0 fully saturated rings.